The Morgan fingerprint density at radius 2 is 2.54 bits per heavy atom. The Hall–Kier alpha value is 0.140. The van der Waals surface area contributed by atoms with Crippen LogP contribution in [-0.2, 0) is 6.42 Å². The molecule has 0 radical (unpaired) electrons. The zero-order valence-electron chi connectivity index (χ0n) is 7.77. The molecule has 1 nitrogen and oxygen atoms in total. The smallest absolute Gasteiger partial charge is 0.0704 e. The van der Waals surface area contributed by atoms with Crippen LogP contribution in [0.4, 0.5) is 0 Å². The van der Waals surface area contributed by atoms with E-state index < -0.39 is 0 Å². The maximum atomic E-state index is 3.57. The molecule has 0 saturated carbocycles. The number of fused-ring (bicyclic) bond motifs is 1. The zero-order valence-corrected chi connectivity index (χ0v) is 10.2. The molecule has 0 saturated heterocycles. The van der Waals surface area contributed by atoms with Crippen LogP contribution in [0.5, 0.6) is 0 Å². The average Bonchev–Trinajstić information content (AvgIpc) is 2.37. The van der Waals surface area contributed by atoms with Gasteiger partial charge in [0.05, 0.1) is 3.79 Å². The molecule has 0 bridgehead atoms. The Bertz CT molecular complexity index is 295. The molecule has 2 heterocycles. The summed E-state index contributed by atoms with van der Waals surface area (Å²) in [5.41, 5.74) is 1.57. The van der Waals surface area contributed by atoms with Gasteiger partial charge in [0.15, 0.2) is 0 Å². The highest BCUT2D eigenvalue weighted by molar-refractivity contribution is 9.11. The predicted octanol–water partition coefficient (Wildman–Crippen LogP) is 3.15. The van der Waals surface area contributed by atoms with E-state index in [1.807, 2.05) is 11.3 Å². The minimum atomic E-state index is 0.722. The van der Waals surface area contributed by atoms with Crippen LogP contribution in [0.1, 0.15) is 29.7 Å². The summed E-state index contributed by atoms with van der Waals surface area (Å²) in [6, 6.07) is 2.31. The van der Waals surface area contributed by atoms with Crippen molar-refractivity contribution in [1.82, 2.24) is 5.32 Å². The molecule has 2 rings (SSSR count). The van der Waals surface area contributed by atoms with Gasteiger partial charge in [-0.25, -0.2) is 0 Å². The molecule has 1 unspecified atom stereocenters. The third kappa shape index (κ3) is 1.97. The Morgan fingerprint density at radius 1 is 1.69 bits per heavy atom. The molecule has 72 valence electrons. The van der Waals surface area contributed by atoms with Gasteiger partial charge in [0.25, 0.3) is 0 Å². The average molecular weight is 260 g/mol. The zero-order chi connectivity index (χ0) is 9.26. The molecule has 1 aromatic rings. The van der Waals surface area contributed by atoms with E-state index in [0.29, 0.717) is 0 Å². The molecule has 13 heavy (non-hydrogen) atoms. The van der Waals surface area contributed by atoms with Crippen LogP contribution >= 0.6 is 27.3 Å². The van der Waals surface area contributed by atoms with E-state index in [-0.39, 0.29) is 0 Å². The predicted molar refractivity (Wildman–Crippen MR) is 61.6 cm³/mol. The van der Waals surface area contributed by atoms with Crippen molar-refractivity contribution in [1.29, 1.82) is 0 Å². The summed E-state index contributed by atoms with van der Waals surface area (Å²) in [6.07, 6.45) is 2.44. The maximum Gasteiger partial charge on any atom is 0.0704 e. The van der Waals surface area contributed by atoms with E-state index in [1.165, 1.54) is 16.6 Å². The van der Waals surface area contributed by atoms with Gasteiger partial charge in [-0.05, 0) is 52.9 Å². The van der Waals surface area contributed by atoms with Crippen LogP contribution in [0.3, 0.4) is 0 Å². The van der Waals surface area contributed by atoms with E-state index in [4.69, 9.17) is 0 Å². The summed E-state index contributed by atoms with van der Waals surface area (Å²) < 4.78 is 1.29. The summed E-state index contributed by atoms with van der Waals surface area (Å²) in [4.78, 5) is 1.57. The highest BCUT2D eigenvalue weighted by Gasteiger charge is 2.18. The fraction of sp³-hybridized carbons (Fsp3) is 0.600. The number of nitrogens with one attached hydrogen (secondary N) is 1. The summed E-state index contributed by atoms with van der Waals surface area (Å²) in [5, 5.41) is 3.49. The molecule has 0 aromatic carbocycles. The van der Waals surface area contributed by atoms with Gasteiger partial charge in [0, 0.05) is 11.4 Å². The fourth-order valence-corrected chi connectivity index (χ4v) is 3.70. The summed E-state index contributed by atoms with van der Waals surface area (Å²) in [7, 11) is 0. The van der Waals surface area contributed by atoms with Crippen molar-refractivity contribution in [2.75, 3.05) is 13.1 Å². The largest absolute Gasteiger partial charge is 0.316 e. The first kappa shape index (κ1) is 9.69. The first-order valence-corrected chi connectivity index (χ1v) is 6.41. The van der Waals surface area contributed by atoms with Crippen LogP contribution in [0, 0.1) is 0 Å². The third-order valence-electron chi connectivity index (χ3n) is 2.66. The number of halogens is 1. The first-order chi connectivity index (χ1) is 6.31. The molecule has 3 heteroatoms. The molecule has 0 fully saturated rings. The summed E-state index contributed by atoms with van der Waals surface area (Å²) in [5.74, 6) is 0.722. The number of hydrogen-bond acceptors (Lipinski definition) is 2. The SMILES string of the molecule is CCC1CNCCc2sc(Br)cc21. The molecule has 1 aliphatic rings. The van der Waals surface area contributed by atoms with Gasteiger partial charge in [-0.15, -0.1) is 11.3 Å². The molecule has 0 aliphatic carbocycles. The quantitative estimate of drug-likeness (QED) is 0.818. The van der Waals surface area contributed by atoms with Gasteiger partial charge in [-0.1, -0.05) is 6.92 Å². The first-order valence-electron chi connectivity index (χ1n) is 4.80. The topological polar surface area (TPSA) is 12.0 Å². The van der Waals surface area contributed by atoms with Crippen molar-refractivity contribution in [2.24, 2.45) is 0 Å². The second-order valence-electron chi connectivity index (χ2n) is 3.49. The molecule has 0 spiro atoms. The lowest BCUT2D eigenvalue weighted by Gasteiger charge is -2.11. The lowest BCUT2D eigenvalue weighted by atomic mass is 9.98. The molecule has 1 aliphatic heterocycles. The Balaban J connectivity index is 2.34. The van der Waals surface area contributed by atoms with Gasteiger partial charge in [-0.2, -0.15) is 0 Å². The Morgan fingerprint density at radius 3 is 3.31 bits per heavy atom. The standard InChI is InChI=1S/C10H14BrNS/c1-2-7-6-12-4-3-9-8(7)5-10(11)13-9/h5,7,12H,2-4,6H2,1H3. The summed E-state index contributed by atoms with van der Waals surface area (Å²) >= 11 is 5.47. The van der Waals surface area contributed by atoms with Crippen LogP contribution < -0.4 is 5.32 Å². The van der Waals surface area contributed by atoms with Crippen LogP contribution in [-0.4, -0.2) is 13.1 Å². The van der Waals surface area contributed by atoms with Gasteiger partial charge in [0.2, 0.25) is 0 Å². The number of hydrogen-bond donors (Lipinski definition) is 1. The lowest BCUT2D eigenvalue weighted by molar-refractivity contribution is 0.594. The number of rotatable bonds is 1. The highest BCUT2D eigenvalue weighted by Crippen LogP contribution is 2.34. The second-order valence-corrected chi connectivity index (χ2v) is 6.00. The highest BCUT2D eigenvalue weighted by atomic mass is 79.9. The molecule has 1 aromatic heterocycles. The molecular weight excluding hydrogens is 246 g/mol. The van der Waals surface area contributed by atoms with Crippen molar-refractivity contribution < 1.29 is 0 Å². The van der Waals surface area contributed by atoms with Gasteiger partial charge in [-0.3, -0.25) is 0 Å². The van der Waals surface area contributed by atoms with Crippen LogP contribution in [0.25, 0.3) is 0 Å². The van der Waals surface area contributed by atoms with E-state index in [9.17, 15) is 0 Å². The van der Waals surface area contributed by atoms with Crippen molar-refractivity contribution in [2.45, 2.75) is 25.7 Å². The van der Waals surface area contributed by atoms with Gasteiger partial charge < -0.3 is 5.32 Å². The Kier molecular flexibility index (Phi) is 3.06. The maximum absolute atomic E-state index is 3.57. The second kappa shape index (κ2) is 4.11. The molecule has 1 N–H and O–H groups in total. The number of thiophene rings is 1. The van der Waals surface area contributed by atoms with Crippen molar-refractivity contribution in [3.63, 3.8) is 0 Å². The normalized spacial score (nSPS) is 22.5. The van der Waals surface area contributed by atoms with Crippen molar-refractivity contribution in [3.05, 3.63) is 20.3 Å². The van der Waals surface area contributed by atoms with E-state index in [0.717, 1.165) is 19.0 Å². The van der Waals surface area contributed by atoms with E-state index >= 15 is 0 Å². The van der Waals surface area contributed by atoms with Gasteiger partial charge in [0.1, 0.15) is 0 Å². The van der Waals surface area contributed by atoms with Crippen molar-refractivity contribution >= 4 is 27.3 Å². The lowest BCUT2D eigenvalue weighted by Crippen LogP contribution is -2.19. The third-order valence-corrected chi connectivity index (χ3v) is 4.38. The molecule has 0 amide bonds. The molecular formula is C10H14BrNS. The molecule has 1 atom stereocenters. The fourth-order valence-electron chi connectivity index (χ4n) is 1.90. The van der Waals surface area contributed by atoms with E-state index in [2.05, 4.69) is 34.2 Å². The van der Waals surface area contributed by atoms with Crippen LogP contribution in [0.15, 0.2) is 9.85 Å². The van der Waals surface area contributed by atoms with Gasteiger partial charge >= 0.3 is 0 Å². The van der Waals surface area contributed by atoms with Crippen molar-refractivity contribution in [3.8, 4) is 0 Å². The minimum absolute atomic E-state index is 0.722. The monoisotopic (exact) mass is 259 g/mol. The minimum Gasteiger partial charge on any atom is -0.316 e. The van der Waals surface area contributed by atoms with E-state index in [1.54, 1.807) is 10.4 Å². The Labute approximate surface area is 91.7 Å². The summed E-state index contributed by atoms with van der Waals surface area (Å²) in [6.45, 7) is 4.55. The van der Waals surface area contributed by atoms with Crippen LogP contribution in [0.2, 0.25) is 0 Å².